The third-order valence-corrected chi connectivity index (χ3v) is 3.46. The van der Waals surface area contributed by atoms with Crippen molar-refractivity contribution >= 4 is 45.5 Å². The molecule has 0 saturated heterocycles. The lowest BCUT2D eigenvalue weighted by molar-refractivity contribution is 0.633. The van der Waals surface area contributed by atoms with Gasteiger partial charge in [-0.25, -0.2) is 10.2 Å². The van der Waals surface area contributed by atoms with E-state index in [2.05, 4.69) is 22.0 Å². The molecular formula is C6H9FIN4P. The van der Waals surface area contributed by atoms with Crippen LogP contribution < -0.4 is 22.1 Å². The molecule has 0 aliphatic heterocycles. The van der Waals surface area contributed by atoms with E-state index in [0.29, 0.717) is 11.4 Å². The molecule has 1 aromatic rings. The molecule has 72 valence electrons. The van der Waals surface area contributed by atoms with Crippen LogP contribution in [0.4, 0.5) is 21.5 Å². The van der Waals surface area contributed by atoms with Crippen molar-refractivity contribution in [2.24, 2.45) is 5.84 Å². The predicted molar refractivity (Wildman–Crippen MR) is 64.2 cm³/mol. The number of hydrazine groups is 1. The standard InChI is InChI=1S/C6H9FIN4P/c7-4-1-3(9)2-5(6(4)10)12(11)13-8/h1-2,13H,9-11H2. The molecule has 7 heteroatoms. The summed E-state index contributed by atoms with van der Waals surface area (Å²) >= 11 is 2.07. The van der Waals surface area contributed by atoms with E-state index in [0.717, 1.165) is 0 Å². The Balaban J connectivity index is 3.20. The van der Waals surface area contributed by atoms with Crippen molar-refractivity contribution < 1.29 is 4.39 Å². The van der Waals surface area contributed by atoms with Gasteiger partial charge in [0.1, 0.15) is 5.82 Å². The maximum absolute atomic E-state index is 13.1. The highest BCUT2D eigenvalue weighted by atomic mass is 127. The average molecular weight is 314 g/mol. The van der Waals surface area contributed by atoms with Crippen molar-refractivity contribution in [3.05, 3.63) is 17.9 Å². The molecule has 0 bridgehead atoms. The zero-order valence-corrected chi connectivity index (χ0v) is 9.75. The van der Waals surface area contributed by atoms with Crippen LogP contribution in [0.1, 0.15) is 0 Å². The number of hydrogen-bond donors (Lipinski definition) is 3. The highest BCUT2D eigenvalue weighted by Gasteiger charge is 2.10. The van der Waals surface area contributed by atoms with E-state index in [1.807, 2.05) is 0 Å². The second-order valence-corrected chi connectivity index (χ2v) is 4.49. The molecule has 0 aliphatic rings. The van der Waals surface area contributed by atoms with Crippen LogP contribution in [0, 0.1) is 5.82 Å². The number of nitrogens with zero attached hydrogens (tertiary/aromatic N) is 1. The first-order valence-corrected chi connectivity index (χ1v) is 7.38. The lowest BCUT2D eigenvalue weighted by atomic mass is 10.2. The van der Waals surface area contributed by atoms with Crippen LogP contribution in [0.5, 0.6) is 0 Å². The fourth-order valence-corrected chi connectivity index (χ4v) is 1.92. The first-order valence-electron chi connectivity index (χ1n) is 3.32. The minimum atomic E-state index is -0.542. The summed E-state index contributed by atoms with van der Waals surface area (Å²) in [4.78, 5) is 0. The molecule has 1 atom stereocenters. The molecule has 1 unspecified atom stereocenters. The summed E-state index contributed by atoms with van der Waals surface area (Å²) in [6.07, 6.45) is 0.277. The third-order valence-electron chi connectivity index (χ3n) is 1.48. The molecular weight excluding hydrogens is 305 g/mol. The second kappa shape index (κ2) is 4.26. The Hall–Kier alpha value is -0.330. The molecule has 1 aromatic carbocycles. The molecule has 0 fully saturated rings. The van der Waals surface area contributed by atoms with Gasteiger partial charge in [0.25, 0.3) is 0 Å². The molecule has 1 rings (SSSR count). The highest BCUT2D eigenvalue weighted by Crippen LogP contribution is 2.35. The number of rotatable bonds is 2. The van der Waals surface area contributed by atoms with Crippen LogP contribution in [-0.2, 0) is 0 Å². The SMILES string of the molecule is Nc1cc(F)c(N)c(N(N)PI)c1. The van der Waals surface area contributed by atoms with Gasteiger partial charge in [-0.1, -0.05) is 0 Å². The van der Waals surface area contributed by atoms with Crippen LogP contribution in [0.15, 0.2) is 12.1 Å². The summed E-state index contributed by atoms with van der Waals surface area (Å²) in [5.74, 6) is 5.03. The number of halogens is 2. The molecule has 13 heavy (non-hydrogen) atoms. The summed E-state index contributed by atoms with van der Waals surface area (Å²) in [6, 6.07) is 2.72. The van der Waals surface area contributed by atoms with Crippen molar-refractivity contribution in [1.29, 1.82) is 0 Å². The summed E-state index contributed by atoms with van der Waals surface area (Å²) in [5, 5.41) is 0. The van der Waals surface area contributed by atoms with E-state index in [1.165, 1.54) is 10.8 Å². The predicted octanol–water partition coefficient (Wildman–Crippen LogP) is 1.61. The van der Waals surface area contributed by atoms with Crippen molar-refractivity contribution in [2.45, 2.75) is 0 Å². The number of nitrogens with two attached hydrogens (primary N) is 3. The van der Waals surface area contributed by atoms with Crippen LogP contribution in [0.2, 0.25) is 0 Å². The zero-order chi connectivity index (χ0) is 10.0. The Morgan fingerprint density at radius 1 is 1.38 bits per heavy atom. The molecule has 0 spiro atoms. The molecule has 0 radical (unpaired) electrons. The Labute approximate surface area is 89.9 Å². The number of anilines is 3. The molecule has 0 saturated carbocycles. The molecule has 0 amide bonds. The fourth-order valence-electron chi connectivity index (χ4n) is 0.869. The fraction of sp³-hybridized carbons (Fsp3) is 0. The normalized spacial score (nSPS) is 11.0. The van der Waals surface area contributed by atoms with Gasteiger partial charge in [-0.2, -0.15) is 0 Å². The van der Waals surface area contributed by atoms with Gasteiger partial charge < -0.3 is 11.5 Å². The molecule has 4 nitrogen and oxygen atoms in total. The minimum absolute atomic E-state index is 0.0286. The van der Waals surface area contributed by atoms with Crippen LogP contribution in [0.25, 0.3) is 0 Å². The van der Waals surface area contributed by atoms with E-state index in [4.69, 9.17) is 17.3 Å². The zero-order valence-electron chi connectivity index (χ0n) is 6.59. The number of benzene rings is 1. The van der Waals surface area contributed by atoms with Crippen LogP contribution >= 0.6 is 28.4 Å². The maximum Gasteiger partial charge on any atom is 0.150 e. The smallest absolute Gasteiger partial charge is 0.150 e. The average Bonchev–Trinajstić information content (AvgIpc) is 2.10. The first kappa shape index (κ1) is 10.7. The first-order chi connectivity index (χ1) is 6.06. The van der Waals surface area contributed by atoms with E-state index in [9.17, 15) is 4.39 Å². The topological polar surface area (TPSA) is 81.3 Å². The van der Waals surface area contributed by atoms with Gasteiger partial charge in [-0.15, -0.1) is 0 Å². The van der Waals surface area contributed by atoms with Crippen molar-refractivity contribution in [3.63, 3.8) is 0 Å². The Morgan fingerprint density at radius 3 is 2.54 bits per heavy atom. The minimum Gasteiger partial charge on any atom is -0.399 e. The largest absolute Gasteiger partial charge is 0.399 e. The van der Waals surface area contributed by atoms with Gasteiger partial charge in [-0.3, -0.25) is 4.78 Å². The Morgan fingerprint density at radius 2 is 2.00 bits per heavy atom. The van der Waals surface area contributed by atoms with E-state index in [-0.39, 0.29) is 12.1 Å². The monoisotopic (exact) mass is 314 g/mol. The maximum atomic E-state index is 13.1. The molecule has 6 N–H and O–H groups in total. The Kier molecular flexibility index (Phi) is 3.52. The third kappa shape index (κ3) is 2.32. The quantitative estimate of drug-likeness (QED) is 0.255. The van der Waals surface area contributed by atoms with Gasteiger partial charge in [0.05, 0.1) is 17.7 Å². The number of nitrogen functional groups attached to an aromatic ring is 2. The molecule has 0 heterocycles. The van der Waals surface area contributed by atoms with Crippen molar-refractivity contribution in [2.75, 3.05) is 16.2 Å². The van der Waals surface area contributed by atoms with Gasteiger partial charge in [0.2, 0.25) is 0 Å². The number of hydrogen-bond acceptors (Lipinski definition) is 4. The van der Waals surface area contributed by atoms with Crippen molar-refractivity contribution in [3.8, 4) is 0 Å². The lowest BCUT2D eigenvalue weighted by Crippen LogP contribution is -2.21. The highest BCUT2D eigenvalue weighted by molar-refractivity contribution is 14.2. The molecule has 0 aliphatic carbocycles. The van der Waals surface area contributed by atoms with Crippen LogP contribution in [0.3, 0.4) is 0 Å². The molecule has 0 aromatic heterocycles. The van der Waals surface area contributed by atoms with Gasteiger partial charge in [-0.05, 0) is 34.2 Å². The van der Waals surface area contributed by atoms with E-state index in [1.54, 1.807) is 6.07 Å². The summed E-state index contributed by atoms with van der Waals surface area (Å²) in [7, 11) is 0. The van der Waals surface area contributed by atoms with E-state index < -0.39 is 5.82 Å². The van der Waals surface area contributed by atoms with Gasteiger partial charge >= 0.3 is 0 Å². The summed E-state index contributed by atoms with van der Waals surface area (Å²) in [5.41, 5.74) is 11.7. The lowest BCUT2D eigenvalue weighted by Gasteiger charge is -2.17. The van der Waals surface area contributed by atoms with Gasteiger partial charge in [0.15, 0.2) is 0 Å². The van der Waals surface area contributed by atoms with Crippen LogP contribution in [-0.4, -0.2) is 0 Å². The van der Waals surface area contributed by atoms with Crippen molar-refractivity contribution in [1.82, 2.24) is 0 Å². The summed E-state index contributed by atoms with van der Waals surface area (Å²) < 4.78 is 14.4. The second-order valence-electron chi connectivity index (χ2n) is 2.39. The van der Waals surface area contributed by atoms with E-state index >= 15 is 0 Å². The van der Waals surface area contributed by atoms with Gasteiger partial charge in [0, 0.05) is 5.69 Å². The summed E-state index contributed by atoms with van der Waals surface area (Å²) in [6.45, 7) is 0. The Bertz CT molecular complexity index is 322.